The lowest BCUT2D eigenvalue weighted by molar-refractivity contribution is -0.115. The van der Waals surface area contributed by atoms with Crippen molar-refractivity contribution in [2.24, 2.45) is 0 Å². The van der Waals surface area contributed by atoms with Gasteiger partial charge in [-0.05, 0) is 35.9 Å². The van der Waals surface area contributed by atoms with Gasteiger partial charge in [-0.1, -0.05) is 22.0 Å². The van der Waals surface area contributed by atoms with Crippen molar-refractivity contribution in [3.63, 3.8) is 0 Å². The molecule has 114 valence electrons. The summed E-state index contributed by atoms with van der Waals surface area (Å²) < 4.78 is 2.08. The lowest BCUT2D eigenvalue weighted by atomic mass is 10.1. The highest BCUT2D eigenvalue weighted by Gasteiger charge is 2.11. The third kappa shape index (κ3) is 2.85. The zero-order valence-electron chi connectivity index (χ0n) is 11.8. The molecule has 2 aromatic carbocycles. The monoisotopic (exact) mass is 386 g/mol. The Balaban J connectivity index is 1.54. The zero-order valence-corrected chi connectivity index (χ0v) is 14.2. The lowest BCUT2D eigenvalue weighted by Crippen LogP contribution is -2.14. The van der Waals surface area contributed by atoms with Crippen LogP contribution in [0, 0.1) is 0 Å². The molecule has 0 atom stereocenters. The van der Waals surface area contributed by atoms with Crippen molar-refractivity contribution in [3.8, 4) is 0 Å². The van der Waals surface area contributed by atoms with Crippen LogP contribution in [0.3, 0.4) is 0 Å². The highest BCUT2D eigenvalue weighted by molar-refractivity contribution is 9.10. The molecule has 4 aromatic rings. The molecule has 0 spiro atoms. The number of nitrogens with one attached hydrogen (secondary N) is 2. The van der Waals surface area contributed by atoms with Crippen molar-refractivity contribution < 1.29 is 4.79 Å². The molecule has 0 unspecified atom stereocenters. The second kappa shape index (κ2) is 5.75. The van der Waals surface area contributed by atoms with Crippen LogP contribution in [-0.2, 0) is 11.2 Å². The summed E-state index contributed by atoms with van der Waals surface area (Å²) in [6.07, 6.45) is 0.290. The van der Waals surface area contributed by atoms with Crippen LogP contribution >= 0.6 is 27.3 Å². The highest BCUT2D eigenvalue weighted by Crippen LogP contribution is 2.24. The SMILES string of the molecule is O=C(Cc1ccc2scnc2c1)Nc1n[nH]c2cc(Br)ccc12. The first-order valence-corrected chi connectivity index (χ1v) is 8.62. The van der Waals surface area contributed by atoms with Crippen LogP contribution < -0.4 is 5.32 Å². The predicted molar refractivity (Wildman–Crippen MR) is 95.7 cm³/mol. The molecule has 0 saturated heterocycles. The smallest absolute Gasteiger partial charge is 0.230 e. The van der Waals surface area contributed by atoms with Crippen LogP contribution in [0.4, 0.5) is 5.82 Å². The van der Waals surface area contributed by atoms with E-state index in [1.54, 1.807) is 11.3 Å². The molecule has 0 bridgehead atoms. The highest BCUT2D eigenvalue weighted by atomic mass is 79.9. The molecule has 0 aliphatic rings. The maximum Gasteiger partial charge on any atom is 0.230 e. The van der Waals surface area contributed by atoms with E-state index in [1.165, 1.54) is 0 Å². The molecule has 23 heavy (non-hydrogen) atoms. The van der Waals surface area contributed by atoms with Gasteiger partial charge >= 0.3 is 0 Å². The normalized spacial score (nSPS) is 11.2. The van der Waals surface area contributed by atoms with E-state index in [-0.39, 0.29) is 5.91 Å². The summed E-state index contributed by atoms with van der Waals surface area (Å²) in [5.74, 6) is 0.447. The van der Waals surface area contributed by atoms with Crippen molar-refractivity contribution in [1.82, 2.24) is 15.2 Å². The number of aromatic amines is 1. The summed E-state index contributed by atoms with van der Waals surface area (Å²) in [5, 5.41) is 10.8. The molecule has 5 nitrogen and oxygen atoms in total. The minimum absolute atomic E-state index is 0.101. The summed E-state index contributed by atoms with van der Waals surface area (Å²) in [7, 11) is 0. The van der Waals surface area contributed by atoms with E-state index in [1.807, 2.05) is 41.9 Å². The fraction of sp³-hybridized carbons (Fsp3) is 0.0625. The fourth-order valence-electron chi connectivity index (χ4n) is 2.46. The number of nitrogens with zero attached hydrogens (tertiary/aromatic N) is 2. The Hall–Kier alpha value is -2.25. The van der Waals surface area contributed by atoms with Crippen LogP contribution in [-0.4, -0.2) is 21.1 Å². The van der Waals surface area contributed by atoms with Gasteiger partial charge in [0.15, 0.2) is 5.82 Å². The van der Waals surface area contributed by atoms with E-state index in [2.05, 4.69) is 36.4 Å². The summed E-state index contributed by atoms with van der Waals surface area (Å²) in [4.78, 5) is 16.5. The van der Waals surface area contributed by atoms with E-state index in [4.69, 9.17) is 0 Å². The molecule has 0 radical (unpaired) electrons. The van der Waals surface area contributed by atoms with Crippen molar-refractivity contribution >= 4 is 60.1 Å². The van der Waals surface area contributed by atoms with Gasteiger partial charge in [-0.15, -0.1) is 11.3 Å². The number of aromatic nitrogens is 3. The third-order valence-electron chi connectivity index (χ3n) is 3.54. The predicted octanol–water partition coefficient (Wildman–Crippen LogP) is 4.12. The topological polar surface area (TPSA) is 70.7 Å². The second-order valence-corrected chi connectivity index (χ2v) is 6.94. The van der Waals surface area contributed by atoms with Gasteiger partial charge < -0.3 is 5.32 Å². The molecular formula is C16H11BrN4OS. The number of hydrogen-bond acceptors (Lipinski definition) is 4. The number of fused-ring (bicyclic) bond motifs is 2. The van der Waals surface area contributed by atoms with Crippen molar-refractivity contribution in [2.45, 2.75) is 6.42 Å². The average molecular weight is 387 g/mol. The molecule has 0 saturated carbocycles. The van der Waals surface area contributed by atoms with Crippen LogP contribution in [0.25, 0.3) is 21.1 Å². The van der Waals surface area contributed by atoms with Gasteiger partial charge in [-0.3, -0.25) is 9.89 Å². The van der Waals surface area contributed by atoms with Gasteiger partial charge in [0.25, 0.3) is 0 Å². The quantitative estimate of drug-likeness (QED) is 0.556. The van der Waals surface area contributed by atoms with Crippen molar-refractivity contribution in [3.05, 3.63) is 51.9 Å². The molecule has 4 rings (SSSR count). The van der Waals surface area contributed by atoms with Gasteiger partial charge in [0.2, 0.25) is 5.91 Å². The first-order chi connectivity index (χ1) is 11.2. The number of thiazole rings is 1. The molecule has 0 fully saturated rings. The van der Waals surface area contributed by atoms with Gasteiger partial charge in [0.1, 0.15) is 0 Å². The van der Waals surface area contributed by atoms with Gasteiger partial charge in [-0.25, -0.2) is 4.98 Å². The Kier molecular flexibility index (Phi) is 3.59. The number of carbonyl (C=O) groups excluding carboxylic acids is 1. The first-order valence-electron chi connectivity index (χ1n) is 6.95. The minimum Gasteiger partial charge on any atom is -0.308 e. The van der Waals surface area contributed by atoms with Crippen LogP contribution in [0.15, 0.2) is 46.4 Å². The number of carbonyl (C=O) groups is 1. The maximum atomic E-state index is 12.3. The van der Waals surface area contributed by atoms with E-state index in [0.717, 1.165) is 31.2 Å². The van der Waals surface area contributed by atoms with E-state index < -0.39 is 0 Å². The number of benzene rings is 2. The van der Waals surface area contributed by atoms with E-state index >= 15 is 0 Å². The van der Waals surface area contributed by atoms with Crippen LogP contribution in [0.2, 0.25) is 0 Å². The zero-order chi connectivity index (χ0) is 15.8. The standard InChI is InChI=1S/C16H11BrN4OS/c17-10-2-3-11-12(7-10)20-21-16(11)19-15(22)6-9-1-4-14-13(5-9)18-8-23-14/h1-5,7-8H,6H2,(H2,19,20,21,22). The lowest BCUT2D eigenvalue weighted by Gasteiger charge is -2.03. The first kappa shape index (κ1) is 14.3. The van der Waals surface area contributed by atoms with E-state index in [0.29, 0.717) is 12.2 Å². The van der Waals surface area contributed by atoms with Gasteiger partial charge in [0, 0.05) is 9.86 Å². The molecule has 0 aliphatic carbocycles. The van der Waals surface area contributed by atoms with E-state index in [9.17, 15) is 4.79 Å². The molecule has 0 aliphatic heterocycles. The molecule has 1 amide bonds. The van der Waals surface area contributed by atoms with Gasteiger partial charge in [-0.2, -0.15) is 5.10 Å². The Morgan fingerprint density at radius 3 is 3.09 bits per heavy atom. The number of anilines is 1. The van der Waals surface area contributed by atoms with Crippen molar-refractivity contribution in [1.29, 1.82) is 0 Å². The molecular weight excluding hydrogens is 376 g/mol. The minimum atomic E-state index is -0.101. The number of halogens is 1. The molecule has 2 heterocycles. The molecule has 2 aromatic heterocycles. The third-order valence-corrected chi connectivity index (χ3v) is 4.85. The summed E-state index contributed by atoms with van der Waals surface area (Å²) >= 11 is 5.00. The van der Waals surface area contributed by atoms with Crippen LogP contribution in [0.5, 0.6) is 0 Å². The fourth-order valence-corrected chi connectivity index (χ4v) is 3.48. The molecule has 7 heteroatoms. The summed E-state index contributed by atoms with van der Waals surface area (Å²) in [6.45, 7) is 0. The van der Waals surface area contributed by atoms with Gasteiger partial charge in [0.05, 0.1) is 27.7 Å². The number of amides is 1. The molecule has 2 N–H and O–H groups in total. The number of hydrogen-bond donors (Lipinski definition) is 2. The van der Waals surface area contributed by atoms with Crippen LogP contribution in [0.1, 0.15) is 5.56 Å². The average Bonchev–Trinajstić information content (AvgIpc) is 3.13. The largest absolute Gasteiger partial charge is 0.308 e. The summed E-state index contributed by atoms with van der Waals surface area (Å²) in [5.41, 5.74) is 4.54. The Morgan fingerprint density at radius 2 is 2.17 bits per heavy atom. The Morgan fingerprint density at radius 1 is 1.26 bits per heavy atom. The Labute approximate surface area is 143 Å². The summed E-state index contributed by atoms with van der Waals surface area (Å²) in [6, 6.07) is 11.7. The Bertz CT molecular complexity index is 1020. The van der Waals surface area contributed by atoms with Crippen molar-refractivity contribution in [2.75, 3.05) is 5.32 Å². The number of rotatable bonds is 3. The second-order valence-electron chi connectivity index (χ2n) is 5.14. The maximum absolute atomic E-state index is 12.3. The number of H-pyrrole nitrogens is 1.